The van der Waals surface area contributed by atoms with Gasteiger partial charge >= 0.3 is 6.03 Å². The third kappa shape index (κ3) is 6.46. The monoisotopic (exact) mass is 349 g/mol. The Hall–Kier alpha value is -1.11. The Morgan fingerprint density at radius 1 is 1.38 bits per heavy atom. The standard InChI is InChI=1S/C13H17Cl2N3O2S/c1-21-5-4-11(18-13(16)20)12(19)17-7-8-2-3-9(14)6-10(8)15/h2-3,6,11H,4-5,7H2,1H3,(H,17,19)(H3,16,18,20). The van der Waals surface area contributed by atoms with E-state index in [2.05, 4.69) is 10.6 Å². The van der Waals surface area contributed by atoms with Gasteiger partial charge in [-0.2, -0.15) is 11.8 Å². The number of thioether (sulfide) groups is 1. The van der Waals surface area contributed by atoms with Crippen LogP contribution in [0.25, 0.3) is 0 Å². The van der Waals surface area contributed by atoms with Gasteiger partial charge in [-0.1, -0.05) is 29.3 Å². The highest BCUT2D eigenvalue weighted by Crippen LogP contribution is 2.20. The topological polar surface area (TPSA) is 84.2 Å². The number of benzene rings is 1. The molecule has 0 aromatic heterocycles. The van der Waals surface area contributed by atoms with E-state index in [9.17, 15) is 9.59 Å². The predicted molar refractivity (Wildman–Crippen MR) is 87.8 cm³/mol. The van der Waals surface area contributed by atoms with Crippen LogP contribution in [0.2, 0.25) is 10.0 Å². The lowest BCUT2D eigenvalue weighted by molar-refractivity contribution is -0.123. The van der Waals surface area contributed by atoms with Gasteiger partial charge in [0, 0.05) is 16.6 Å². The maximum atomic E-state index is 12.1. The van der Waals surface area contributed by atoms with Crippen molar-refractivity contribution in [3.8, 4) is 0 Å². The zero-order valence-electron chi connectivity index (χ0n) is 11.5. The van der Waals surface area contributed by atoms with Crippen LogP contribution in [0.4, 0.5) is 4.79 Å². The van der Waals surface area contributed by atoms with Crippen LogP contribution in [0.5, 0.6) is 0 Å². The van der Waals surface area contributed by atoms with Gasteiger partial charge in [-0.3, -0.25) is 4.79 Å². The van der Waals surface area contributed by atoms with E-state index in [-0.39, 0.29) is 12.5 Å². The third-order valence-electron chi connectivity index (χ3n) is 2.71. The molecule has 4 N–H and O–H groups in total. The number of carbonyl (C=O) groups excluding carboxylic acids is 2. The largest absolute Gasteiger partial charge is 0.352 e. The minimum Gasteiger partial charge on any atom is -0.352 e. The van der Waals surface area contributed by atoms with Gasteiger partial charge in [0.05, 0.1) is 0 Å². The Morgan fingerprint density at radius 3 is 2.67 bits per heavy atom. The zero-order valence-corrected chi connectivity index (χ0v) is 13.8. The van der Waals surface area contributed by atoms with E-state index >= 15 is 0 Å². The van der Waals surface area contributed by atoms with Gasteiger partial charge in [-0.25, -0.2) is 4.79 Å². The lowest BCUT2D eigenvalue weighted by atomic mass is 10.2. The van der Waals surface area contributed by atoms with Gasteiger partial charge in [0.15, 0.2) is 0 Å². The summed E-state index contributed by atoms with van der Waals surface area (Å²) in [7, 11) is 0. The molecule has 1 aromatic carbocycles. The maximum absolute atomic E-state index is 12.1. The molecule has 116 valence electrons. The summed E-state index contributed by atoms with van der Waals surface area (Å²) in [5.41, 5.74) is 5.83. The van der Waals surface area contributed by atoms with Gasteiger partial charge in [0.1, 0.15) is 6.04 Å². The van der Waals surface area contributed by atoms with E-state index in [4.69, 9.17) is 28.9 Å². The molecule has 0 saturated heterocycles. The highest BCUT2D eigenvalue weighted by atomic mass is 35.5. The fraction of sp³-hybridized carbons (Fsp3) is 0.385. The first-order valence-electron chi connectivity index (χ1n) is 6.20. The van der Waals surface area contributed by atoms with Crippen molar-refractivity contribution in [3.05, 3.63) is 33.8 Å². The normalized spacial score (nSPS) is 11.8. The Kier molecular flexibility index (Phi) is 7.71. The van der Waals surface area contributed by atoms with E-state index in [1.807, 2.05) is 6.26 Å². The van der Waals surface area contributed by atoms with Crippen molar-refractivity contribution >= 4 is 46.9 Å². The molecule has 8 heteroatoms. The lowest BCUT2D eigenvalue weighted by Crippen LogP contribution is -2.48. The number of nitrogens with one attached hydrogen (secondary N) is 2. The van der Waals surface area contributed by atoms with Crippen molar-refractivity contribution in [3.63, 3.8) is 0 Å². The number of carbonyl (C=O) groups is 2. The number of hydrogen-bond acceptors (Lipinski definition) is 3. The molecule has 3 amide bonds. The molecule has 0 fully saturated rings. The number of urea groups is 1. The van der Waals surface area contributed by atoms with Crippen LogP contribution < -0.4 is 16.4 Å². The van der Waals surface area contributed by atoms with E-state index in [0.29, 0.717) is 16.5 Å². The molecule has 1 atom stereocenters. The first-order chi connectivity index (χ1) is 9.93. The molecule has 0 aliphatic heterocycles. The number of rotatable bonds is 7. The zero-order chi connectivity index (χ0) is 15.8. The van der Waals surface area contributed by atoms with Crippen LogP contribution in [0.3, 0.4) is 0 Å². The summed E-state index contributed by atoms with van der Waals surface area (Å²) in [6, 6.07) is 3.67. The van der Waals surface area contributed by atoms with Gasteiger partial charge in [-0.05, 0) is 36.1 Å². The second kappa shape index (κ2) is 9.02. The second-order valence-electron chi connectivity index (χ2n) is 4.30. The van der Waals surface area contributed by atoms with Crippen LogP contribution in [0, 0.1) is 0 Å². The van der Waals surface area contributed by atoms with Crippen molar-refractivity contribution in [2.75, 3.05) is 12.0 Å². The molecule has 0 heterocycles. The molecule has 21 heavy (non-hydrogen) atoms. The van der Waals surface area contributed by atoms with Gasteiger partial charge < -0.3 is 16.4 Å². The minimum absolute atomic E-state index is 0.255. The summed E-state index contributed by atoms with van der Waals surface area (Å²) >= 11 is 13.4. The Balaban J connectivity index is 2.61. The molecule has 1 unspecified atom stereocenters. The average Bonchev–Trinajstić information content (AvgIpc) is 2.41. The van der Waals surface area contributed by atoms with E-state index in [1.54, 1.807) is 30.0 Å². The Morgan fingerprint density at radius 2 is 2.10 bits per heavy atom. The highest BCUT2D eigenvalue weighted by Gasteiger charge is 2.19. The summed E-state index contributed by atoms with van der Waals surface area (Å²) in [5, 5.41) is 6.17. The molecular formula is C13H17Cl2N3O2S. The van der Waals surface area contributed by atoms with Crippen molar-refractivity contribution in [2.24, 2.45) is 5.73 Å². The summed E-state index contributed by atoms with van der Waals surface area (Å²) in [6.45, 7) is 0.255. The van der Waals surface area contributed by atoms with Crippen LogP contribution in [-0.2, 0) is 11.3 Å². The van der Waals surface area contributed by atoms with Crippen molar-refractivity contribution in [1.29, 1.82) is 0 Å². The summed E-state index contributed by atoms with van der Waals surface area (Å²) in [4.78, 5) is 23.0. The fourth-order valence-electron chi connectivity index (χ4n) is 1.65. The number of nitrogens with two attached hydrogens (primary N) is 1. The molecule has 0 bridgehead atoms. The summed E-state index contributed by atoms with van der Waals surface area (Å²) in [5.74, 6) is 0.439. The SMILES string of the molecule is CSCCC(NC(N)=O)C(=O)NCc1ccc(Cl)cc1Cl. The first kappa shape index (κ1) is 17.9. The number of hydrogen-bond donors (Lipinski definition) is 3. The fourth-order valence-corrected chi connectivity index (χ4v) is 2.59. The Labute approximate surface area is 137 Å². The number of primary amides is 1. The van der Waals surface area contributed by atoms with Gasteiger partial charge in [-0.15, -0.1) is 0 Å². The van der Waals surface area contributed by atoms with Crippen LogP contribution >= 0.6 is 35.0 Å². The molecule has 5 nitrogen and oxygen atoms in total. The van der Waals surface area contributed by atoms with Crippen LogP contribution in [0.1, 0.15) is 12.0 Å². The molecule has 0 radical (unpaired) electrons. The Bertz CT molecular complexity index is 514. The van der Waals surface area contributed by atoms with E-state index < -0.39 is 12.1 Å². The predicted octanol–water partition coefficient (Wildman–Crippen LogP) is 2.40. The van der Waals surface area contributed by atoms with Crippen molar-refractivity contribution in [2.45, 2.75) is 19.0 Å². The van der Waals surface area contributed by atoms with Gasteiger partial charge in [0.2, 0.25) is 5.91 Å². The molecule has 1 rings (SSSR count). The quantitative estimate of drug-likeness (QED) is 0.706. The lowest BCUT2D eigenvalue weighted by Gasteiger charge is -2.17. The van der Waals surface area contributed by atoms with Crippen molar-refractivity contribution < 1.29 is 9.59 Å². The third-order valence-corrected chi connectivity index (χ3v) is 3.94. The van der Waals surface area contributed by atoms with E-state index in [0.717, 1.165) is 11.3 Å². The summed E-state index contributed by atoms with van der Waals surface area (Å²) < 4.78 is 0. The summed E-state index contributed by atoms with van der Waals surface area (Å²) in [6.07, 6.45) is 2.43. The van der Waals surface area contributed by atoms with Crippen LogP contribution in [0.15, 0.2) is 18.2 Å². The molecule has 1 aromatic rings. The van der Waals surface area contributed by atoms with Gasteiger partial charge in [0.25, 0.3) is 0 Å². The molecule has 0 aliphatic rings. The van der Waals surface area contributed by atoms with E-state index in [1.165, 1.54) is 0 Å². The number of halogens is 2. The number of amides is 3. The molecule has 0 spiro atoms. The average molecular weight is 350 g/mol. The van der Waals surface area contributed by atoms with Crippen molar-refractivity contribution in [1.82, 2.24) is 10.6 Å². The highest BCUT2D eigenvalue weighted by molar-refractivity contribution is 7.98. The maximum Gasteiger partial charge on any atom is 0.312 e. The molecular weight excluding hydrogens is 333 g/mol. The van der Waals surface area contributed by atoms with Crippen LogP contribution in [-0.4, -0.2) is 30.0 Å². The minimum atomic E-state index is -0.722. The molecule has 0 saturated carbocycles. The smallest absolute Gasteiger partial charge is 0.312 e. The molecule has 0 aliphatic carbocycles. The second-order valence-corrected chi connectivity index (χ2v) is 6.13. The first-order valence-corrected chi connectivity index (χ1v) is 8.35.